The van der Waals surface area contributed by atoms with Crippen molar-refractivity contribution in [2.75, 3.05) is 7.11 Å². The van der Waals surface area contributed by atoms with Crippen molar-refractivity contribution in [3.63, 3.8) is 0 Å². The number of ether oxygens (including phenoxy) is 1. The molecule has 2 aromatic heterocycles. The number of pyridine rings is 1. The number of imidazole rings is 1. The van der Waals surface area contributed by atoms with Gasteiger partial charge in [-0.3, -0.25) is 4.98 Å². The van der Waals surface area contributed by atoms with Crippen LogP contribution in [0.2, 0.25) is 0 Å². The molecule has 0 spiro atoms. The number of rotatable bonds is 6. The number of hydrogen-bond acceptors (Lipinski definition) is 3. The van der Waals surface area contributed by atoms with E-state index in [2.05, 4.69) is 59.1 Å². The molecule has 1 aromatic carbocycles. The monoisotopic (exact) mass is 321 g/mol. The Bertz CT molecular complexity index is 796. The van der Waals surface area contributed by atoms with E-state index in [1.807, 2.05) is 12.4 Å². The van der Waals surface area contributed by atoms with Crippen LogP contribution < -0.4 is 0 Å². The first-order chi connectivity index (χ1) is 11.7. The van der Waals surface area contributed by atoms with Gasteiger partial charge in [-0.1, -0.05) is 18.2 Å². The van der Waals surface area contributed by atoms with Crippen LogP contribution in [0, 0.1) is 13.8 Å². The van der Waals surface area contributed by atoms with Crippen LogP contribution in [0.1, 0.15) is 39.6 Å². The highest BCUT2D eigenvalue weighted by Gasteiger charge is 2.19. The average molecular weight is 321 g/mol. The predicted molar refractivity (Wildman–Crippen MR) is 95.0 cm³/mol. The highest BCUT2D eigenvalue weighted by atomic mass is 16.5. The van der Waals surface area contributed by atoms with Crippen LogP contribution in [-0.4, -0.2) is 22.1 Å². The van der Waals surface area contributed by atoms with Gasteiger partial charge in [0, 0.05) is 31.1 Å². The molecule has 0 bridgehead atoms. The SMILES string of the molecule is COCc1cc(CC(c2cnc[nH]2)c2cccc(C)c2C)ccn1. The largest absolute Gasteiger partial charge is 0.378 e. The number of benzene rings is 1. The lowest BCUT2D eigenvalue weighted by molar-refractivity contribution is 0.181. The molecule has 4 nitrogen and oxygen atoms in total. The molecule has 2 heterocycles. The van der Waals surface area contributed by atoms with Crippen molar-refractivity contribution in [3.8, 4) is 0 Å². The van der Waals surface area contributed by atoms with Crippen LogP contribution in [0.3, 0.4) is 0 Å². The van der Waals surface area contributed by atoms with E-state index in [0.29, 0.717) is 6.61 Å². The van der Waals surface area contributed by atoms with Gasteiger partial charge in [0.1, 0.15) is 0 Å². The average Bonchev–Trinajstić information content (AvgIpc) is 3.11. The smallest absolute Gasteiger partial charge is 0.0921 e. The number of hydrogen-bond donors (Lipinski definition) is 1. The Hall–Kier alpha value is -2.46. The summed E-state index contributed by atoms with van der Waals surface area (Å²) in [5.41, 5.74) is 7.32. The second-order valence-corrected chi connectivity index (χ2v) is 6.14. The second kappa shape index (κ2) is 7.41. The highest BCUT2D eigenvalue weighted by molar-refractivity contribution is 5.40. The van der Waals surface area contributed by atoms with E-state index in [-0.39, 0.29) is 5.92 Å². The van der Waals surface area contributed by atoms with Gasteiger partial charge in [0.15, 0.2) is 0 Å². The van der Waals surface area contributed by atoms with Crippen molar-refractivity contribution in [3.05, 3.63) is 82.7 Å². The quantitative estimate of drug-likeness (QED) is 0.748. The summed E-state index contributed by atoms with van der Waals surface area (Å²) in [5.74, 6) is 0.241. The lowest BCUT2D eigenvalue weighted by Crippen LogP contribution is -2.09. The molecular weight excluding hydrogens is 298 g/mol. The van der Waals surface area contributed by atoms with Gasteiger partial charge in [-0.15, -0.1) is 0 Å². The zero-order valence-electron chi connectivity index (χ0n) is 14.4. The van der Waals surface area contributed by atoms with Gasteiger partial charge in [-0.25, -0.2) is 4.98 Å². The minimum Gasteiger partial charge on any atom is -0.378 e. The van der Waals surface area contributed by atoms with Crippen molar-refractivity contribution in [1.82, 2.24) is 15.0 Å². The number of nitrogens with zero attached hydrogens (tertiary/aromatic N) is 2. The lowest BCUT2D eigenvalue weighted by Gasteiger charge is -2.20. The molecule has 3 aromatic rings. The summed E-state index contributed by atoms with van der Waals surface area (Å²) >= 11 is 0. The van der Waals surface area contributed by atoms with E-state index in [4.69, 9.17) is 4.74 Å². The summed E-state index contributed by atoms with van der Waals surface area (Å²) < 4.78 is 5.20. The summed E-state index contributed by atoms with van der Waals surface area (Å²) in [7, 11) is 1.69. The molecule has 3 rings (SSSR count). The Morgan fingerprint density at radius 2 is 2.08 bits per heavy atom. The molecule has 0 aliphatic carbocycles. The molecule has 0 fully saturated rings. The molecule has 0 saturated carbocycles. The van der Waals surface area contributed by atoms with Gasteiger partial charge < -0.3 is 9.72 Å². The second-order valence-electron chi connectivity index (χ2n) is 6.14. The number of aromatic nitrogens is 3. The summed E-state index contributed by atoms with van der Waals surface area (Å²) in [6.45, 7) is 4.88. The first-order valence-electron chi connectivity index (χ1n) is 8.16. The number of methoxy groups -OCH3 is 1. The van der Waals surface area contributed by atoms with Crippen molar-refractivity contribution >= 4 is 0 Å². The van der Waals surface area contributed by atoms with E-state index in [1.54, 1.807) is 13.4 Å². The zero-order valence-corrected chi connectivity index (χ0v) is 14.4. The topological polar surface area (TPSA) is 50.8 Å². The minimum absolute atomic E-state index is 0.241. The van der Waals surface area contributed by atoms with Gasteiger partial charge >= 0.3 is 0 Å². The number of aromatic amines is 1. The molecule has 1 unspecified atom stereocenters. The molecule has 1 atom stereocenters. The highest BCUT2D eigenvalue weighted by Crippen LogP contribution is 2.30. The Morgan fingerprint density at radius 1 is 1.21 bits per heavy atom. The Balaban J connectivity index is 1.97. The van der Waals surface area contributed by atoms with Crippen molar-refractivity contribution in [2.24, 2.45) is 0 Å². The third kappa shape index (κ3) is 3.54. The Morgan fingerprint density at radius 3 is 2.83 bits per heavy atom. The van der Waals surface area contributed by atoms with Gasteiger partial charge in [0.05, 0.1) is 18.6 Å². The molecule has 0 aliphatic heterocycles. The van der Waals surface area contributed by atoms with Crippen molar-refractivity contribution in [1.29, 1.82) is 0 Å². The lowest BCUT2D eigenvalue weighted by atomic mass is 9.86. The van der Waals surface area contributed by atoms with E-state index in [0.717, 1.165) is 17.8 Å². The maximum Gasteiger partial charge on any atom is 0.0921 e. The number of H-pyrrole nitrogens is 1. The predicted octanol–water partition coefficient (Wildman–Crippen LogP) is 3.94. The van der Waals surface area contributed by atoms with Gasteiger partial charge in [0.2, 0.25) is 0 Å². The van der Waals surface area contributed by atoms with E-state index in [1.165, 1.54) is 22.3 Å². The maximum atomic E-state index is 5.20. The van der Waals surface area contributed by atoms with Crippen LogP contribution in [0.25, 0.3) is 0 Å². The number of nitrogens with one attached hydrogen (secondary N) is 1. The molecule has 0 radical (unpaired) electrons. The maximum absolute atomic E-state index is 5.20. The van der Waals surface area contributed by atoms with E-state index in [9.17, 15) is 0 Å². The summed E-state index contributed by atoms with van der Waals surface area (Å²) in [6, 6.07) is 10.7. The van der Waals surface area contributed by atoms with Gasteiger partial charge in [-0.2, -0.15) is 0 Å². The molecule has 0 aliphatic rings. The van der Waals surface area contributed by atoms with E-state index >= 15 is 0 Å². The minimum atomic E-state index is 0.241. The van der Waals surface area contributed by atoms with Crippen LogP contribution in [-0.2, 0) is 17.8 Å². The first-order valence-corrected chi connectivity index (χ1v) is 8.16. The first kappa shape index (κ1) is 16.4. The van der Waals surface area contributed by atoms with E-state index < -0.39 is 0 Å². The van der Waals surface area contributed by atoms with Crippen LogP contribution >= 0.6 is 0 Å². The number of aryl methyl sites for hydroxylation is 1. The summed E-state index contributed by atoms with van der Waals surface area (Å²) in [4.78, 5) is 11.9. The molecule has 24 heavy (non-hydrogen) atoms. The summed E-state index contributed by atoms with van der Waals surface area (Å²) in [5, 5.41) is 0. The third-order valence-corrected chi connectivity index (χ3v) is 4.53. The van der Waals surface area contributed by atoms with Crippen LogP contribution in [0.15, 0.2) is 49.1 Å². The molecule has 124 valence electrons. The van der Waals surface area contributed by atoms with Crippen molar-refractivity contribution < 1.29 is 4.74 Å². The normalized spacial score (nSPS) is 12.3. The van der Waals surface area contributed by atoms with Crippen LogP contribution in [0.4, 0.5) is 0 Å². The molecule has 0 saturated heterocycles. The zero-order chi connectivity index (χ0) is 16.9. The molecule has 0 amide bonds. The standard InChI is InChI=1S/C20H23N3O/c1-14-5-4-6-18(15(14)2)19(20-11-21-13-23-20)10-16-7-8-22-17(9-16)12-24-3/h4-9,11,13,19H,10,12H2,1-3H3,(H,21,23). The Kier molecular flexibility index (Phi) is 5.06. The third-order valence-electron chi connectivity index (χ3n) is 4.53. The van der Waals surface area contributed by atoms with Crippen molar-refractivity contribution in [2.45, 2.75) is 32.8 Å². The fourth-order valence-electron chi connectivity index (χ4n) is 3.11. The summed E-state index contributed by atoms with van der Waals surface area (Å²) in [6.07, 6.45) is 6.42. The molecule has 4 heteroatoms. The fourth-order valence-corrected chi connectivity index (χ4v) is 3.11. The Labute approximate surface area is 142 Å². The van der Waals surface area contributed by atoms with Crippen LogP contribution in [0.5, 0.6) is 0 Å². The fraction of sp³-hybridized carbons (Fsp3) is 0.300. The van der Waals surface area contributed by atoms with Gasteiger partial charge in [0.25, 0.3) is 0 Å². The molecule has 1 N–H and O–H groups in total. The van der Waals surface area contributed by atoms with Gasteiger partial charge in [-0.05, 0) is 54.7 Å². The molecular formula is C20H23N3O.